The molecule has 2 N–H and O–H groups in total. The number of nitrogens with zero attached hydrogens (tertiary/aromatic N) is 2. The summed E-state index contributed by atoms with van der Waals surface area (Å²) < 4.78 is 0. The van der Waals surface area contributed by atoms with Crippen LogP contribution in [0.4, 0.5) is 0 Å². The van der Waals surface area contributed by atoms with Crippen LogP contribution in [0.25, 0.3) is 0 Å². The molecule has 5 rings (SSSR count). The lowest BCUT2D eigenvalue weighted by Gasteiger charge is -2.37. The summed E-state index contributed by atoms with van der Waals surface area (Å²) in [7, 11) is 0. The maximum atomic E-state index is 13.3. The van der Waals surface area contributed by atoms with E-state index in [1.54, 1.807) is 12.3 Å². The third-order valence-electron chi connectivity index (χ3n) is 7.79. The third-order valence-corrected chi connectivity index (χ3v) is 7.79. The molecule has 2 aromatic rings. The average molecular weight is 434 g/mol. The van der Waals surface area contributed by atoms with Crippen LogP contribution in [0.15, 0.2) is 42.7 Å². The van der Waals surface area contributed by atoms with E-state index in [0.29, 0.717) is 12.5 Å². The van der Waals surface area contributed by atoms with E-state index in [0.717, 1.165) is 44.1 Å². The average Bonchev–Trinajstić information content (AvgIpc) is 3.13. The van der Waals surface area contributed by atoms with Gasteiger partial charge in [0.05, 0.1) is 18.0 Å². The van der Waals surface area contributed by atoms with Crippen molar-refractivity contribution in [1.82, 2.24) is 15.2 Å². The SMILES string of the molecule is CC1(C(=O)NC2CCC3CC2CN3C(=O)Cc2cncc(O)c2)CCc2ccccc2C1. The quantitative estimate of drug-likeness (QED) is 0.777. The second kappa shape index (κ2) is 8.23. The number of carbonyl (C=O) groups excluding carboxylic acids is 2. The van der Waals surface area contributed by atoms with E-state index in [2.05, 4.69) is 41.5 Å². The van der Waals surface area contributed by atoms with Gasteiger partial charge in [0.15, 0.2) is 0 Å². The Morgan fingerprint density at radius 1 is 1.22 bits per heavy atom. The highest BCUT2D eigenvalue weighted by Crippen LogP contribution is 2.39. The monoisotopic (exact) mass is 433 g/mol. The number of rotatable bonds is 4. The molecule has 6 heteroatoms. The number of amides is 2. The number of benzene rings is 1. The number of aromatic nitrogens is 1. The van der Waals surface area contributed by atoms with Crippen molar-refractivity contribution in [3.63, 3.8) is 0 Å². The summed E-state index contributed by atoms with van der Waals surface area (Å²) in [5, 5.41) is 13.0. The molecule has 1 aromatic carbocycles. The molecule has 1 aliphatic heterocycles. The topological polar surface area (TPSA) is 82.5 Å². The zero-order chi connectivity index (χ0) is 22.3. The van der Waals surface area contributed by atoms with Gasteiger partial charge >= 0.3 is 0 Å². The van der Waals surface area contributed by atoms with Crippen molar-refractivity contribution in [2.45, 2.75) is 64.0 Å². The summed E-state index contributed by atoms with van der Waals surface area (Å²) >= 11 is 0. The number of aromatic hydroxyl groups is 1. The Hall–Kier alpha value is -2.89. The number of fused-ring (bicyclic) bond motifs is 3. The van der Waals surface area contributed by atoms with E-state index in [-0.39, 0.29) is 41.5 Å². The number of carbonyl (C=O) groups is 2. The Kier molecular flexibility index (Phi) is 5.39. The standard InChI is InChI=1S/C26H31N3O3/c1-26(9-8-18-4-2-3-5-19(18)13-26)25(32)28-23-7-6-21-12-20(23)16-29(21)24(31)11-17-10-22(30)15-27-14-17/h2-5,10,14-15,20-21,23,30H,6-9,11-13,16H2,1H3,(H,28,32). The number of aryl methyl sites for hydroxylation is 1. The van der Waals surface area contributed by atoms with Crippen LogP contribution in [-0.2, 0) is 28.9 Å². The summed E-state index contributed by atoms with van der Waals surface area (Å²) in [6.07, 6.45) is 8.66. The van der Waals surface area contributed by atoms with E-state index in [1.807, 2.05) is 4.90 Å². The molecule has 3 aliphatic rings. The van der Waals surface area contributed by atoms with Crippen LogP contribution < -0.4 is 5.32 Å². The molecule has 4 unspecified atom stereocenters. The summed E-state index contributed by atoms with van der Waals surface area (Å²) in [4.78, 5) is 32.2. The van der Waals surface area contributed by atoms with Gasteiger partial charge in [0, 0.05) is 24.8 Å². The number of nitrogens with one attached hydrogen (secondary N) is 1. The second-order valence-electron chi connectivity index (χ2n) is 10.1. The third kappa shape index (κ3) is 3.98. The molecule has 2 heterocycles. The Bertz CT molecular complexity index is 1040. The normalized spacial score (nSPS) is 28.8. The minimum Gasteiger partial charge on any atom is -0.506 e. The molecule has 0 radical (unpaired) electrons. The zero-order valence-electron chi connectivity index (χ0n) is 18.6. The van der Waals surface area contributed by atoms with Gasteiger partial charge in [0.2, 0.25) is 11.8 Å². The van der Waals surface area contributed by atoms with E-state index < -0.39 is 0 Å². The van der Waals surface area contributed by atoms with Crippen molar-refractivity contribution >= 4 is 11.8 Å². The first-order valence-corrected chi connectivity index (χ1v) is 11.7. The van der Waals surface area contributed by atoms with Crippen LogP contribution in [0.1, 0.15) is 49.3 Å². The highest BCUT2D eigenvalue weighted by molar-refractivity contribution is 5.83. The molecule has 2 aliphatic carbocycles. The molecule has 4 atom stereocenters. The van der Waals surface area contributed by atoms with Crippen molar-refractivity contribution < 1.29 is 14.7 Å². The Balaban J connectivity index is 1.21. The largest absolute Gasteiger partial charge is 0.506 e. The van der Waals surface area contributed by atoms with Gasteiger partial charge in [0.25, 0.3) is 0 Å². The summed E-state index contributed by atoms with van der Waals surface area (Å²) in [6, 6.07) is 10.4. The van der Waals surface area contributed by atoms with Gasteiger partial charge in [0.1, 0.15) is 5.75 Å². The van der Waals surface area contributed by atoms with E-state index >= 15 is 0 Å². The number of pyridine rings is 1. The molecule has 1 saturated carbocycles. The summed E-state index contributed by atoms with van der Waals surface area (Å²) in [6.45, 7) is 2.79. The minimum absolute atomic E-state index is 0.0766. The van der Waals surface area contributed by atoms with Gasteiger partial charge in [-0.05, 0) is 67.2 Å². The van der Waals surface area contributed by atoms with Crippen LogP contribution in [0.2, 0.25) is 0 Å². The lowest BCUT2D eigenvalue weighted by atomic mass is 9.72. The van der Waals surface area contributed by atoms with Gasteiger partial charge in [-0.15, -0.1) is 0 Å². The predicted octanol–water partition coefficient (Wildman–Crippen LogP) is 3.02. The predicted molar refractivity (Wildman–Crippen MR) is 121 cm³/mol. The molecule has 168 valence electrons. The molecular weight excluding hydrogens is 402 g/mol. The summed E-state index contributed by atoms with van der Waals surface area (Å²) in [5.41, 5.74) is 3.01. The number of hydrogen-bond donors (Lipinski definition) is 2. The van der Waals surface area contributed by atoms with Crippen molar-refractivity contribution in [3.05, 3.63) is 59.4 Å². The molecule has 2 amide bonds. The van der Waals surface area contributed by atoms with Gasteiger partial charge in [-0.3, -0.25) is 14.6 Å². The first-order chi connectivity index (χ1) is 15.4. The van der Waals surface area contributed by atoms with Gasteiger partial charge in [-0.25, -0.2) is 0 Å². The Morgan fingerprint density at radius 3 is 2.84 bits per heavy atom. The van der Waals surface area contributed by atoms with Gasteiger partial charge in [-0.2, -0.15) is 0 Å². The maximum absolute atomic E-state index is 13.3. The van der Waals surface area contributed by atoms with Crippen LogP contribution in [0, 0.1) is 11.3 Å². The summed E-state index contributed by atoms with van der Waals surface area (Å²) in [5.74, 6) is 0.624. The fraction of sp³-hybridized carbons (Fsp3) is 0.500. The van der Waals surface area contributed by atoms with E-state index in [1.165, 1.54) is 17.3 Å². The van der Waals surface area contributed by atoms with Crippen molar-refractivity contribution in [1.29, 1.82) is 0 Å². The van der Waals surface area contributed by atoms with Crippen LogP contribution in [0.5, 0.6) is 5.75 Å². The molecule has 0 spiro atoms. The van der Waals surface area contributed by atoms with Crippen molar-refractivity contribution in [2.24, 2.45) is 11.3 Å². The first-order valence-electron chi connectivity index (χ1n) is 11.7. The van der Waals surface area contributed by atoms with E-state index in [9.17, 15) is 14.7 Å². The van der Waals surface area contributed by atoms with Crippen molar-refractivity contribution in [3.8, 4) is 5.75 Å². The van der Waals surface area contributed by atoms with Crippen molar-refractivity contribution in [2.75, 3.05) is 6.54 Å². The number of likely N-dealkylation sites (tertiary alicyclic amines) is 1. The highest BCUT2D eigenvalue weighted by atomic mass is 16.3. The molecule has 1 saturated heterocycles. The smallest absolute Gasteiger partial charge is 0.227 e. The highest BCUT2D eigenvalue weighted by Gasteiger charge is 2.45. The number of hydrogen-bond acceptors (Lipinski definition) is 4. The molecule has 1 aromatic heterocycles. The first kappa shape index (κ1) is 21.0. The Morgan fingerprint density at radius 2 is 2.03 bits per heavy atom. The Labute approximate surface area is 189 Å². The van der Waals surface area contributed by atoms with E-state index in [4.69, 9.17) is 0 Å². The molecule has 2 fully saturated rings. The zero-order valence-corrected chi connectivity index (χ0v) is 18.6. The lowest BCUT2D eigenvalue weighted by Crippen LogP contribution is -2.50. The molecular formula is C26H31N3O3. The lowest BCUT2D eigenvalue weighted by molar-refractivity contribution is -0.132. The maximum Gasteiger partial charge on any atom is 0.227 e. The van der Waals surface area contributed by atoms with Gasteiger partial charge in [-0.1, -0.05) is 31.2 Å². The fourth-order valence-corrected chi connectivity index (χ4v) is 5.90. The minimum atomic E-state index is -0.373. The molecule has 6 nitrogen and oxygen atoms in total. The fourth-order valence-electron chi connectivity index (χ4n) is 5.90. The van der Waals surface area contributed by atoms with Crippen LogP contribution >= 0.6 is 0 Å². The van der Waals surface area contributed by atoms with Crippen LogP contribution in [-0.4, -0.2) is 45.4 Å². The molecule has 32 heavy (non-hydrogen) atoms. The van der Waals surface area contributed by atoms with Gasteiger partial charge < -0.3 is 15.3 Å². The second-order valence-corrected chi connectivity index (χ2v) is 10.1. The van der Waals surface area contributed by atoms with Crippen LogP contribution in [0.3, 0.4) is 0 Å². The molecule has 2 bridgehead atoms.